The molecule has 1 fully saturated rings. The third-order valence-corrected chi connectivity index (χ3v) is 5.12. The average molecular weight is 322 g/mol. The Morgan fingerprint density at radius 3 is 2.48 bits per heavy atom. The number of carbonyl (C=O) groups is 2. The predicted molar refractivity (Wildman–Crippen MR) is 85.8 cm³/mol. The Balaban J connectivity index is 2.14. The number of nitrogens with one attached hydrogen (secondary N) is 2. The zero-order valence-corrected chi connectivity index (χ0v) is 14.1. The van der Waals surface area contributed by atoms with Crippen LogP contribution in [0.25, 0.3) is 0 Å². The van der Waals surface area contributed by atoms with Crippen LogP contribution in [0.4, 0.5) is 10.1 Å². The van der Waals surface area contributed by atoms with E-state index in [1.54, 1.807) is 7.11 Å². The van der Waals surface area contributed by atoms with Gasteiger partial charge in [-0.15, -0.1) is 0 Å². The smallest absolute Gasteiger partial charge is 0.254 e. The largest absolute Gasteiger partial charge is 0.378 e. The standard InChI is InChI=1S/C17H23FN2O3/c1-10(21)19-11-6-7-13(18)12(8-11)15(22)20-14-9-17(4,23-5)16(14,2)3/h6-8,14H,9H2,1-5H3,(H,19,21)(H,20,22)/t14-,17-/m1/s1. The number of anilines is 1. The second-order valence-electron chi connectivity index (χ2n) is 6.76. The Bertz CT molecular complexity index is 645. The lowest BCUT2D eigenvalue weighted by Gasteiger charge is -2.59. The molecular formula is C17H23FN2O3. The van der Waals surface area contributed by atoms with Gasteiger partial charge in [0, 0.05) is 31.2 Å². The Hall–Kier alpha value is -1.95. The van der Waals surface area contributed by atoms with Crippen LogP contribution in [0.5, 0.6) is 0 Å². The van der Waals surface area contributed by atoms with Crippen LogP contribution in [0, 0.1) is 11.2 Å². The summed E-state index contributed by atoms with van der Waals surface area (Å²) >= 11 is 0. The summed E-state index contributed by atoms with van der Waals surface area (Å²) in [6.45, 7) is 7.36. The zero-order valence-electron chi connectivity index (χ0n) is 14.1. The molecule has 2 N–H and O–H groups in total. The van der Waals surface area contributed by atoms with E-state index in [2.05, 4.69) is 10.6 Å². The highest BCUT2D eigenvalue weighted by molar-refractivity contribution is 5.97. The van der Waals surface area contributed by atoms with Crippen molar-refractivity contribution in [1.29, 1.82) is 0 Å². The van der Waals surface area contributed by atoms with Crippen LogP contribution in [0.15, 0.2) is 18.2 Å². The van der Waals surface area contributed by atoms with Gasteiger partial charge in [0.05, 0.1) is 11.2 Å². The molecule has 0 aromatic heterocycles. The highest BCUT2D eigenvalue weighted by atomic mass is 19.1. The molecule has 1 aliphatic carbocycles. The number of amides is 2. The van der Waals surface area contributed by atoms with Crippen LogP contribution < -0.4 is 10.6 Å². The van der Waals surface area contributed by atoms with Crippen molar-refractivity contribution in [3.05, 3.63) is 29.6 Å². The lowest BCUT2D eigenvalue weighted by Crippen LogP contribution is -2.68. The first-order valence-electron chi connectivity index (χ1n) is 7.54. The molecular weight excluding hydrogens is 299 g/mol. The van der Waals surface area contributed by atoms with Gasteiger partial charge in [0.1, 0.15) is 5.82 Å². The molecule has 1 aliphatic rings. The molecule has 0 radical (unpaired) electrons. The summed E-state index contributed by atoms with van der Waals surface area (Å²) in [6.07, 6.45) is 0.662. The number of carbonyl (C=O) groups excluding carboxylic acids is 2. The quantitative estimate of drug-likeness (QED) is 0.895. The SMILES string of the molecule is CO[C@]1(C)C[C@@H](NC(=O)c2cc(NC(C)=O)ccc2F)C1(C)C. The van der Waals surface area contributed by atoms with Crippen LogP contribution in [0.2, 0.25) is 0 Å². The Labute approximate surface area is 135 Å². The molecule has 1 aromatic rings. The lowest BCUT2D eigenvalue weighted by molar-refractivity contribution is -0.177. The fourth-order valence-corrected chi connectivity index (χ4v) is 2.94. The second kappa shape index (κ2) is 5.92. The summed E-state index contributed by atoms with van der Waals surface area (Å²) in [4.78, 5) is 23.5. The molecule has 1 saturated carbocycles. The molecule has 2 amide bonds. The minimum absolute atomic E-state index is 0.0851. The number of hydrogen-bond donors (Lipinski definition) is 2. The maximum Gasteiger partial charge on any atom is 0.254 e. The van der Waals surface area contributed by atoms with Crippen molar-refractivity contribution in [3.8, 4) is 0 Å². The van der Waals surface area contributed by atoms with E-state index >= 15 is 0 Å². The Morgan fingerprint density at radius 2 is 1.96 bits per heavy atom. The number of halogens is 1. The van der Waals surface area contributed by atoms with Gasteiger partial charge < -0.3 is 15.4 Å². The van der Waals surface area contributed by atoms with Crippen molar-refractivity contribution in [2.24, 2.45) is 5.41 Å². The van der Waals surface area contributed by atoms with Crippen molar-refractivity contribution >= 4 is 17.5 Å². The molecule has 0 heterocycles. The first-order chi connectivity index (χ1) is 10.6. The van der Waals surface area contributed by atoms with Crippen molar-refractivity contribution in [3.63, 3.8) is 0 Å². The molecule has 126 valence electrons. The van der Waals surface area contributed by atoms with Gasteiger partial charge >= 0.3 is 0 Å². The van der Waals surface area contributed by atoms with Gasteiger partial charge in [-0.3, -0.25) is 9.59 Å². The van der Waals surface area contributed by atoms with Crippen LogP contribution in [-0.4, -0.2) is 30.6 Å². The molecule has 1 aromatic carbocycles. The number of methoxy groups -OCH3 is 1. The minimum Gasteiger partial charge on any atom is -0.378 e. The second-order valence-corrected chi connectivity index (χ2v) is 6.76. The van der Waals surface area contributed by atoms with Gasteiger partial charge in [0.15, 0.2) is 0 Å². The normalized spacial score (nSPS) is 25.4. The van der Waals surface area contributed by atoms with Gasteiger partial charge in [0.25, 0.3) is 5.91 Å². The van der Waals surface area contributed by atoms with Crippen LogP contribution in [-0.2, 0) is 9.53 Å². The molecule has 2 rings (SSSR count). The fourth-order valence-electron chi connectivity index (χ4n) is 2.94. The van der Waals surface area contributed by atoms with E-state index in [1.165, 1.54) is 25.1 Å². The van der Waals surface area contributed by atoms with Crippen LogP contribution >= 0.6 is 0 Å². The molecule has 5 nitrogen and oxygen atoms in total. The highest BCUT2D eigenvalue weighted by Crippen LogP contribution is 2.51. The lowest BCUT2D eigenvalue weighted by atomic mass is 9.56. The van der Waals surface area contributed by atoms with Crippen molar-refractivity contribution in [2.45, 2.75) is 45.8 Å². The summed E-state index contributed by atoms with van der Waals surface area (Å²) in [5.74, 6) is -1.40. The van der Waals surface area contributed by atoms with E-state index in [1.807, 2.05) is 20.8 Å². The summed E-state index contributed by atoms with van der Waals surface area (Å²) in [7, 11) is 1.65. The molecule has 6 heteroatoms. The first kappa shape index (κ1) is 17.4. The summed E-state index contributed by atoms with van der Waals surface area (Å²) in [6, 6.07) is 3.82. The molecule has 0 bridgehead atoms. The van der Waals surface area contributed by atoms with E-state index in [4.69, 9.17) is 4.74 Å². The fraction of sp³-hybridized carbons (Fsp3) is 0.529. The van der Waals surface area contributed by atoms with E-state index in [-0.39, 0.29) is 28.5 Å². The average Bonchev–Trinajstić information content (AvgIpc) is 2.47. The topological polar surface area (TPSA) is 67.4 Å². The van der Waals surface area contributed by atoms with Gasteiger partial charge in [0.2, 0.25) is 5.91 Å². The molecule has 23 heavy (non-hydrogen) atoms. The van der Waals surface area contributed by atoms with Crippen molar-refractivity contribution in [1.82, 2.24) is 5.32 Å². The molecule has 0 spiro atoms. The first-order valence-corrected chi connectivity index (χ1v) is 7.54. The Morgan fingerprint density at radius 1 is 1.30 bits per heavy atom. The van der Waals surface area contributed by atoms with Gasteiger partial charge in [-0.25, -0.2) is 4.39 Å². The molecule has 0 unspecified atom stereocenters. The summed E-state index contributed by atoms with van der Waals surface area (Å²) < 4.78 is 19.5. The monoisotopic (exact) mass is 322 g/mol. The van der Waals surface area contributed by atoms with Gasteiger partial charge in [-0.05, 0) is 31.5 Å². The number of benzene rings is 1. The summed E-state index contributed by atoms with van der Waals surface area (Å²) in [5.41, 5.74) is -0.276. The van der Waals surface area contributed by atoms with E-state index in [9.17, 15) is 14.0 Å². The molecule has 2 atom stereocenters. The van der Waals surface area contributed by atoms with E-state index in [0.29, 0.717) is 12.1 Å². The third-order valence-electron chi connectivity index (χ3n) is 5.12. The highest BCUT2D eigenvalue weighted by Gasteiger charge is 2.58. The summed E-state index contributed by atoms with van der Waals surface area (Å²) in [5, 5.41) is 5.40. The van der Waals surface area contributed by atoms with Crippen LogP contribution in [0.3, 0.4) is 0 Å². The zero-order chi connectivity index (χ0) is 17.4. The Kier molecular flexibility index (Phi) is 4.48. The minimum atomic E-state index is -0.622. The van der Waals surface area contributed by atoms with Crippen molar-refractivity contribution in [2.75, 3.05) is 12.4 Å². The number of rotatable bonds is 4. The maximum atomic E-state index is 13.9. The van der Waals surface area contributed by atoms with Crippen LogP contribution in [0.1, 0.15) is 44.5 Å². The van der Waals surface area contributed by atoms with E-state index < -0.39 is 11.7 Å². The predicted octanol–water partition coefficient (Wildman–Crippen LogP) is 2.72. The third kappa shape index (κ3) is 3.08. The van der Waals surface area contributed by atoms with Gasteiger partial charge in [-0.1, -0.05) is 13.8 Å². The number of hydrogen-bond acceptors (Lipinski definition) is 3. The number of ether oxygens (including phenoxy) is 1. The van der Waals surface area contributed by atoms with E-state index in [0.717, 1.165) is 0 Å². The molecule has 0 saturated heterocycles. The van der Waals surface area contributed by atoms with Crippen molar-refractivity contribution < 1.29 is 18.7 Å². The maximum absolute atomic E-state index is 13.9. The molecule has 0 aliphatic heterocycles. The van der Waals surface area contributed by atoms with Gasteiger partial charge in [-0.2, -0.15) is 0 Å².